The van der Waals surface area contributed by atoms with Crippen LogP contribution in [0.25, 0.3) is 62.6 Å². The molecule has 1 aliphatic rings. The minimum atomic E-state index is -2.73. The van der Waals surface area contributed by atoms with Crippen LogP contribution in [0.4, 0.5) is 0 Å². The van der Waals surface area contributed by atoms with Crippen molar-refractivity contribution in [3.05, 3.63) is 187 Å². The first-order valence-corrected chi connectivity index (χ1v) is 21.4. The minimum Gasteiger partial charge on any atom is -0.135 e. The number of rotatable bonds is 6. The zero-order chi connectivity index (χ0) is 33.8. The second-order valence-electron chi connectivity index (χ2n) is 13.5. The van der Waals surface area contributed by atoms with Crippen molar-refractivity contribution in [1.29, 1.82) is 0 Å². The van der Waals surface area contributed by atoms with E-state index in [0.717, 1.165) is 12.8 Å². The highest BCUT2D eigenvalue weighted by atomic mass is 32.1. The molecule has 242 valence electrons. The zero-order valence-electron chi connectivity index (χ0n) is 28.1. The molecule has 0 nitrogen and oxygen atoms in total. The van der Waals surface area contributed by atoms with Gasteiger partial charge < -0.3 is 0 Å². The summed E-state index contributed by atoms with van der Waals surface area (Å²) in [5, 5.41) is 11.2. The third-order valence-electron chi connectivity index (χ3n) is 10.7. The lowest BCUT2D eigenvalue weighted by molar-refractivity contribution is 1.01. The van der Waals surface area contributed by atoms with E-state index in [-0.39, 0.29) is 0 Å². The SMILES string of the molecule is C1=CCCC([Si](c2ccccc2)(c2cccc(-c3cccc4c3sc3ccccc34)c2)c2cccc(-c3cccc4c3sc3ccccc34)c2)=C1. The average molecular weight is 703 g/mol. The third-order valence-corrected chi connectivity index (χ3v) is 18.1. The van der Waals surface area contributed by atoms with E-state index in [1.165, 1.54) is 78.2 Å². The van der Waals surface area contributed by atoms with Crippen LogP contribution in [0.15, 0.2) is 187 Å². The summed E-state index contributed by atoms with van der Waals surface area (Å²) < 4.78 is 5.41. The summed E-state index contributed by atoms with van der Waals surface area (Å²) in [6.45, 7) is 0. The Morgan fingerprint density at radius 2 is 0.922 bits per heavy atom. The maximum absolute atomic E-state index is 2.73. The van der Waals surface area contributed by atoms with E-state index in [1.807, 2.05) is 22.7 Å². The van der Waals surface area contributed by atoms with Crippen LogP contribution >= 0.6 is 22.7 Å². The van der Waals surface area contributed by atoms with E-state index in [4.69, 9.17) is 0 Å². The molecular formula is C48H34S2Si. The first-order valence-electron chi connectivity index (χ1n) is 17.7. The van der Waals surface area contributed by atoms with Gasteiger partial charge in [0.15, 0.2) is 8.07 Å². The summed E-state index contributed by atoms with van der Waals surface area (Å²) in [5.74, 6) is 0. The fourth-order valence-corrected chi connectivity index (χ4v) is 16.0. The number of thiophene rings is 2. The molecule has 9 aromatic rings. The molecule has 0 bridgehead atoms. The van der Waals surface area contributed by atoms with Crippen molar-refractivity contribution in [2.45, 2.75) is 12.8 Å². The van der Waals surface area contributed by atoms with E-state index >= 15 is 0 Å². The van der Waals surface area contributed by atoms with Crippen LogP contribution in [0.3, 0.4) is 0 Å². The highest BCUT2D eigenvalue weighted by Gasteiger charge is 2.43. The van der Waals surface area contributed by atoms with E-state index in [1.54, 1.807) is 5.20 Å². The number of benzene rings is 7. The van der Waals surface area contributed by atoms with E-state index < -0.39 is 8.07 Å². The molecule has 0 saturated heterocycles. The Morgan fingerprint density at radius 1 is 0.431 bits per heavy atom. The van der Waals surface area contributed by atoms with Gasteiger partial charge in [0.2, 0.25) is 0 Å². The summed E-state index contributed by atoms with van der Waals surface area (Å²) in [6.07, 6.45) is 9.19. The van der Waals surface area contributed by atoms with Gasteiger partial charge in [-0.3, -0.25) is 0 Å². The van der Waals surface area contributed by atoms with Gasteiger partial charge in [-0.05, 0) is 62.8 Å². The van der Waals surface area contributed by atoms with E-state index in [9.17, 15) is 0 Å². The van der Waals surface area contributed by atoms with Crippen LogP contribution in [0, 0.1) is 0 Å². The second kappa shape index (κ2) is 12.5. The molecule has 0 N–H and O–H groups in total. The highest BCUT2D eigenvalue weighted by molar-refractivity contribution is 7.26. The Bertz CT molecular complexity index is 2660. The Kier molecular flexibility index (Phi) is 7.46. The summed E-state index contributed by atoms with van der Waals surface area (Å²) in [6, 6.07) is 61.9. The molecule has 0 atom stereocenters. The van der Waals surface area contributed by atoms with Gasteiger partial charge in [-0.25, -0.2) is 0 Å². The van der Waals surface area contributed by atoms with Gasteiger partial charge in [-0.2, -0.15) is 0 Å². The van der Waals surface area contributed by atoms with Crippen LogP contribution in [0.2, 0.25) is 0 Å². The zero-order valence-corrected chi connectivity index (χ0v) is 30.7. The van der Waals surface area contributed by atoms with Gasteiger partial charge in [0.1, 0.15) is 0 Å². The largest absolute Gasteiger partial charge is 0.175 e. The molecule has 0 radical (unpaired) electrons. The molecule has 2 aromatic heterocycles. The first-order chi connectivity index (χ1) is 25.3. The van der Waals surface area contributed by atoms with Gasteiger partial charge in [0.05, 0.1) is 0 Å². The molecule has 0 amide bonds. The predicted octanol–water partition coefficient (Wildman–Crippen LogP) is 12.0. The lowest BCUT2D eigenvalue weighted by atomic mass is 10.0. The second-order valence-corrected chi connectivity index (χ2v) is 19.5. The molecule has 7 aromatic carbocycles. The fourth-order valence-electron chi connectivity index (χ4n) is 8.45. The smallest absolute Gasteiger partial charge is 0.135 e. The first kappa shape index (κ1) is 30.5. The predicted molar refractivity (Wildman–Crippen MR) is 227 cm³/mol. The maximum Gasteiger partial charge on any atom is 0.175 e. The highest BCUT2D eigenvalue weighted by Crippen LogP contribution is 2.41. The maximum atomic E-state index is 2.54. The quantitative estimate of drug-likeness (QED) is 0.120. The standard InChI is InChI=1S/C48H34S2Si/c1-3-17-35(18-4-1)51(36-19-5-2-6-20-36,37-21-11-15-33(31-37)39-25-13-27-43-41-23-7-9-29-45(41)49-47(39)43)38-22-12-16-34(32-38)40-26-14-28-44-42-24-8-10-30-46(42)50-48(40)44/h1-5,7-19,21-32H,6,20H2. The summed E-state index contributed by atoms with van der Waals surface area (Å²) in [7, 11) is -2.73. The molecule has 51 heavy (non-hydrogen) atoms. The molecule has 10 rings (SSSR count). The Labute approximate surface area is 307 Å². The van der Waals surface area contributed by atoms with Crippen molar-refractivity contribution in [3.8, 4) is 22.3 Å². The fraction of sp³-hybridized carbons (Fsp3) is 0.0417. The van der Waals surface area contributed by atoms with Crippen molar-refractivity contribution in [3.63, 3.8) is 0 Å². The Balaban J connectivity index is 1.23. The van der Waals surface area contributed by atoms with Gasteiger partial charge in [0, 0.05) is 40.3 Å². The van der Waals surface area contributed by atoms with Crippen molar-refractivity contribution in [2.24, 2.45) is 0 Å². The van der Waals surface area contributed by atoms with Crippen LogP contribution in [-0.2, 0) is 0 Å². The summed E-state index contributed by atoms with van der Waals surface area (Å²) in [5.41, 5.74) is 5.20. The summed E-state index contributed by atoms with van der Waals surface area (Å²) >= 11 is 3.82. The lowest BCUT2D eigenvalue weighted by Crippen LogP contribution is -2.68. The lowest BCUT2D eigenvalue weighted by Gasteiger charge is -2.37. The van der Waals surface area contributed by atoms with Crippen LogP contribution in [0.5, 0.6) is 0 Å². The number of hydrogen-bond donors (Lipinski definition) is 0. The molecule has 0 aliphatic heterocycles. The van der Waals surface area contributed by atoms with Gasteiger partial charge >= 0.3 is 0 Å². The molecule has 0 spiro atoms. The van der Waals surface area contributed by atoms with E-state index in [2.05, 4.69) is 182 Å². The van der Waals surface area contributed by atoms with Crippen molar-refractivity contribution in [2.75, 3.05) is 0 Å². The number of fused-ring (bicyclic) bond motifs is 6. The van der Waals surface area contributed by atoms with Crippen molar-refractivity contribution >= 4 is 86.7 Å². The van der Waals surface area contributed by atoms with Crippen molar-refractivity contribution in [1.82, 2.24) is 0 Å². The average Bonchev–Trinajstić information content (AvgIpc) is 3.78. The van der Waals surface area contributed by atoms with Gasteiger partial charge in [-0.1, -0.05) is 175 Å². The number of allylic oxidation sites excluding steroid dienone is 4. The normalized spacial score (nSPS) is 13.4. The molecular weight excluding hydrogens is 669 g/mol. The molecule has 2 heterocycles. The third kappa shape index (κ3) is 4.91. The van der Waals surface area contributed by atoms with Gasteiger partial charge in [0.25, 0.3) is 0 Å². The van der Waals surface area contributed by atoms with Crippen LogP contribution in [-0.4, -0.2) is 8.07 Å². The van der Waals surface area contributed by atoms with Crippen LogP contribution < -0.4 is 15.6 Å². The van der Waals surface area contributed by atoms with Crippen molar-refractivity contribution < 1.29 is 0 Å². The topological polar surface area (TPSA) is 0 Å². The molecule has 0 saturated carbocycles. The summed E-state index contributed by atoms with van der Waals surface area (Å²) in [4.78, 5) is 0. The number of hydrogen-bond acceptors (Lipinski definition) is 2. The minimum absolute atomic E-state index is 1.06. The van der Waals surface area contributed by atoms with Crippen LogP contribution in [0.1, 0.15) is 12.8 Å². The Morgan fingerprint density at radius 3 is 1.47 bits per heavy atom. The van der Waals surface area contributed by atoms with Gasteiger partial charge in [-0.15, -0.1) is 22.7 Å². The Hall–Kier alpha value is -5.32. The van der Waals surface area contributed by atoms with E-state index in [0.29, 0.717) is 0 Å². The molecule has 0 fully saturated rings. The molecule has 0 unspecified atom stereocenters. The monoisotopic (exact) mass is 702 g/mol. The molecule has 3 heteroatoms. The molecule has 1 aliphatic carbocycles.